The summed E-state index contributed by atoms with van der Waals surface area (Å²) in [6.45, 7) is 0.710. The largest absolute Gasteiger partial charge is 0.326 e. The van der Waals surface area contributed by atoms with Gasteiger partial charge >= 0.3 is 0 Å². The average Bonchev–Trinajstić information content (AvgIpc) is 2.34. The molecule has 7 heteroatoms. The normalized spacial score (nSPS) is 13.4. The third kappa shape index (κ3) is 6.81. The van der Waals surface area contributed by atoms with Gasteiger partial charge in [0.1, 0.15) is 0 Å². The van der Waals surface area contributed by atoms with Gasteiger partial charge in [0.15, 0.2) is 0 Å². The number of hydrogen-bond acceptors (Lipinski definition) is 4. The van der Waals surface area contributed by atoms with Crippen molar-refractivity contribution in [3.8, 4) is 0 Å². The lowest BCUT2D eigenvalue weighted by atomic mass is 10.1. The molecule has 5 nitrogen and oxygen atoms in total. The van der Waals surface area contributed by atoms with Gasteiger partial charge in [0.05, 0.1) is 5.75 Å². The molecule has 1 atom stereocenters. The lowest BCUT2D eigenvalue weighted by Crippen LogP contribution is -2.27. The molecule has 0 aliphatic carbocycles. The highest BCUT2D eigenvalue weighted by Gasteiger charge is 2.11. The van der Waals surface area contributed by atoms with Gasteiger partial charge in [-0.25, -0.2) is 13.1 Å². The van der Waals surface area contributed by atoms with Crippen LogP contribution in [0.1, 0.15) is 17.5 Å². The first-order valence-corrected chi connectivity index (χ1v) is 9.36. The Bertz CT molecular complexity index is 530. The second kappa shape index (κ2) is 7.74. The topological polar surface area (TPSA) is 89.3 Å². The summed E-state index contributed by atoms with van der Waals surface area (Å²) in [4.78, 5) is 0. The summed E-state index contributed by atoms with van der Waals surface area (Å²) in [5.74, 6) is 0.446. The van der Waals surface area contributed by atoms with E-state index in [4.69, 9.17) is 5.73 Å². The molecule has 0 saturated heterocycles. The molecule has 1 aromatic rings. The first-order chi connectivity index (χ1) is 8.93. The molecule has 1 aromatic carbocycles. The number of nitrogens with two attached hydrogens (primary N) is 1. The Morgan fingerprint density at radius 1 is 1.32 bits per heavy atom. The van der Waals surface area contributed by atoms with Crippen molar-refractivity contribution >= 4 is 20.8 Å². The van der Waals surface area contributed by atoms with E-state index < -0.39 is 20.8 Å². The SMILES string of the molecule is CS(=O)CCCNS(=O)(=O)Cc1cccc(CN)c1. The van der Waals surface area contributed by atoms with Gasteiger partial charge in [0.25, 0.3) is 0 Å². The van der Waals surface area contributed by atoms with Crippen LogP contribution < -0.4 is 10.5 Å². The van der Waals surface area contributed by atoms with Crippen LogP contribution in [0.5, 0.6) is 0 Å². The van der Waals surface area contributed by atoms with Crippen molar-refractivity contribution in [3.05, 3.63) is 35.4 Å². The fourth-order valence-corrected chi connectivity index (χ4v) is 3.35. The van der Waals surface area contributed by atoms with Crippen LogP contribution in [0.3, 0.4) is 0 Å². The van der Waals surface area contributed by atoms with Crippen molar-refractivity contribution in [2.45, 2.75) is 18.7 Å². The zero-order valence-corrected chi connectivity index (χ0v) is 12.6. The van der Waals surface area contributed by atoms with E-state index in [2.05, 4.69) is 4.72 Å². The van der Waals surface area contributed by atoms with E-state index in [1.54, 1.807) is 24.5 Å². The van der Waals surface area contributed by atoms with Crippen LogP contribution in [0.15, 0.2) is 24.3 Å². The summed E-state index contributed by atoms with van der Waals surface area (Å²) in [5.41, 5.74) is 7.14. The molecule has 0 aliphatic heterocycles. The zero-order valence-electron chi connectivity index (χ0n) is 11.0. The van der Waals surface area contributed by atoms with E-state index in [1.165, 1.54) is 0 Å². The fraction of sp³-hybridized carbons (Fsp3) is 0.500. The second-order valence-electron chi connectivity index (χ2n) is 4.31. The van der Waals surface area contributed by atoms with Crippen LogP contribution >= 0.6 is 0 Å². The quantitative estimate of drug-likeness (QED) is 0.678. The Morgan fingerprint density at radius 3 is 2.63 bits per heavy atom. The minimum absolute atomic E-state index is 0.0595. The highest BCUT2D eigenvalue weighted by Crippen LogP contribution is 2.08. The summed E-state index contributed by atoms with van der Waals surface area (Å²) < 4.78 is 37.0. The molecule has 0 spiro atoms. The molecule has 1 rings (SSSR count). The predicted octanol–water partition coefficient (Wildman–Crippen LogP) is 0.333. The van der Waals surface area contributed by atoms with Crippen LogP contribution in [-0.2, 0) is 33.1 Å². The van der Waals surface area contributed by atoms with Gasteiger partial charge in [0, 0.05) is 35.9 Å². The Hall–Kier alpha value is -0.760. The summed E-state index contributed by atoms with van der Waals surface area (Å²) in [5, 5.41) is 0. The van der Waals surface area contributed by atoms with Crippen LogP contribution in [-0.4, -0.2) is 31.2 Å². The van der Waals surface area contributed by atoms with E-state index in [-0.39, 0.29) is 5.75 Å². The minimum Gasteiger partial charge on any atom is -0.326 e. The molecule has 0 bridgehead atoms. The molecule has 108 valence electrons. The molecule has 0 radical (unpaired) electrons. The number of benzene rings is 1. The molecule has 0 fully saturated rings. The van der Waals surface area contributed by atoms with Gasteiger partial charge in [0.2, 0.25) is 10.0 Å². The molecule has 0 heterocycles. The first kappa shape index (κ1) is 16.3. The molecular weight excluding hydrogens is 284 g/mol. The molecule has 3 N–H and O–H groups in total. The van der Waals surface area contributed by atoms with E-state index in [0.29, 0.717) is 25.3 Å². The maximum atomic E-state index is 11.8. The highest BCUT2D eigenvalue weighted by molar-refractivity contribution is 7.88. The van der Waals surface area contributed by atoms with Crippen LogP contribution in [0.4, 0.5) is 0 Å². The Kier molecular flexibility index (Phi) is 6.64. The van der Waals surface area contributed by atoms with Gasteiger partial charge in [-0.1, -0.05) is 24.3 Å². The van der Waals surface area contributed by atoms with Crippen LogP contribution in [0, 0.1) is 0 Å². The maximum Gasteiger partial charge on any atom is 0.215 e. The van der Waals surface area contributed by atoms with Crippen LogP contribution in [0.25, 0.3) is 0 Å². The van der Waals surface area contributed by atoms with Gasteiger partial charge in [-0.2, -0.15) is 0 Å². The molecule has 0 saturated carbocycles. The molecule has 19 heavy (non-hydrogen) atoms. The maximum absolute atomic E-state index is 11.8. The van der Waals surface area contributed by atoms with Gasteiger partial charge < -0.3 is 5.73 Å². The fourth-order valence-electron chi connectivity index (χ4n) is 1.62. The molecule has 1 unspecified atom stereocenters. The Labute approximate surface area is 117 Å². The van der Waals surface area contributed by atoms with Crippen molar-refractivity contribution in [1.29, 1.82) is 0 Å². The lowest BCUT2D eigenvalue weighted by molar-refractivity contribution is 0.580. The van der Waals surface area contributed by atoms with Crippen molar-refractivity contribution in [2.75, 3.05) is 18.6 Å². The van der Waals surface area contributed by atoms with Crippen molar-refractivity contribution in [3.63, 3.8) is 0 Å². The molecule has 0 amide bonds. The standard InChI is InChI=1S/C12H20N2O3S2/c1-18(15)7-3-6-14-19(16,17)10-12-5-2-4-11(8-12)9-13/h2,4-5,8,14H,3,6-7,9-10,13H2,1H3. The van der Waals surface area contributed by atoms with Gasteiger partial charge in [-0.3, -0.25) is 4.21 Å². The second-order valence-corrected chi connectivity index (χ2v) is 7.67. The lowest BCUT2D eigenvalue weighted by Gasteiger charge is -2.07. The van der Waals surface area contributed by atoms with Crippen molar-refractivity contribution in [2.24, 2.45) is 5.73 Å². The van der Waals surface area contributed by atoms with Crippen molar-refractivity contribution in [1.82, 2.24) is 4.72 Å². The molecule has 0 aliphatic rings. The van der Waals surface area contributed by atoms with E-state index in [0.717, 1.165) is 11.1 Å². The summed E-state index contributed by atoms with van der Waals surface area (Å²) in [6, 6.07) is 7.22. The Morgan fingerprint density at radius 2 is 2.00 bits per heavy atom. The minimum atomic E-state index is -3.35. The third-order valence-corrected chi connectivity index (χ3v) is 4.74. The number of hydrogen-bond donors (Lipinski definition) is 2. The van der Waals surface area contributed by atoms with Crippen molar-refractivity contribution < 1.29 is 12.6 Å². The van der Waals surface area contributed by atoms with E-state index >= 15 is 0 Å². The third-order valence-electron chi connectivity index (χ3n) is 2.51. The monoisotopic (exact) mass is 304 g/mol. The number of nitrogens with one attached hydrogen (secondary N) is 1. The van der Waals surface area contributed by atoms with Gasteiger partial charge in [-0.05, 0) is 17.5 Å². The summed E-state index contributed by atoms with van der Waals surface area (Å²) in [7, 11) is -4.23. The average molecular weight is 304 g/mol. The van der Waals surface area contributed by atoms with Gasteiger partial charge in [-0.15, -0.1) is 0 Å². The van der Waals surface area contributed by atoms with E-state index in [1.807, 2.05) is 6.07 Å². The predicted molar refractivity (Wildman–Crippen MR) is 78.5 cm³/mol. The molecular formula is C12H20N2O3S2. The highest BCUT2D eigenvalue weighted by atomic mass is 32.2. The Balaban J connectivity index is 2.51. The number of sulfonamides is 1. The molecule has 0 aromatic heterocycles. The summed E-state index contributed by atoms with van der Waals surface area (Å²) in [6.07, 6.45) is 2.18. The van der Waals surface area contributed by atoms with E-state index in [9.17, 15) is 12.6 Å². The summed E-state index contributed by atoms with van der Waals surface area (Å²) >= 11 is 0. The first-order valence-electron chi connectivity index (χ1n) is 5.98. The smallest absolute Gasteiger partial charge is 0.215 e. The number of rotatable bonds is 8. The van der Waals surface area contributed by atoms with Crippen LogP contribution in [0.2, 0.25) is 0 Å². The zero-order chi connectivity index (χ0) is 14.3.